The van der Waals surface area contributed by atoms with Crippen molar-refractivity contribution in [2.24, 2.45) is 5.92 Å². The fourth-order valence-corrected chi connectivity index (χ4v) is 3.58. The molecule has 96 valence electrons. The summed E-state index contributed by atoms with van der Waals surface area (Å²) in [6, 6.07) is 0.496. The predicted molar refractivity (Wildman–Crippen MR) is 72.3 cm³/mol. The van der Waals surface area contributed by atoms with E-state index in [0.29, 0.717) is 6.04 Å². The Morgan fingerprint density at radius 2 is 2.12 bits per heavy atom. The molecule has 0 saturated heterocycles. The van der Waals surface area contributed by atoms with Crippen molar-refractivity contribution < 1.29 is 0 Å². The summed E-state index contributed by atoms with van der Waals surface area (Å²) in [6.45, 7) is 5.41. The summed E-state index contributed by atoms with van der Waals surface area (Å²) in [5.74, 6) is 0.788. The maximum absolute atomic E-state index is 4.17. The van der Waals surface area contributed by atoms with Crippen LogP contribution in [0.4, 0.5) is 0 Å². The predicted octanol–water partition coefficient (Wildman–Crippen LogP) is 3.47. The Morgan fingerprint density at radius 3 is 2.71 bits per heavy atom. The van der Waals surface area contributed by atoms with E-state index in [1.807, 2.05) is 0 Å². The van der Waals surface area contributed by atoms with Crippen LogP contribution in [-0.2, 0) is 0 Å². The van der Waals surface area contributed by atoms with E-state index in [2.05, 4.69) is 28.8 Å². The van der Waals surface area contributed by atoms with Crippen LogP contribution in [0.2, 0.25) is 0 Å². The van der Waals surface area contributed by atoms with Gasteiger partial charge in [-0.2, -0.15) is 0 Å². The van der Waals surface area contributed by atoms with Crippen LogP contribution in [0.3, 0.4) is 0 Å². The van der Waals surface area contributed by atoms with Crippen molar-refractivity contribution in [1.29, 1.82) is 0 Å². The van der Waals surface area contributed by atoms with E-state index in [4.69, 9.17) is 0 Å². The molecule has 1 unspecified atom stereocenters. The first-order valence-electron chi connectivity index (χ1n) is 6.85. The van der Waals surface area contributed by atoms with Crippen LogP contribution in [0.5, 0.6) is 0 Å². The normalized spacial score (nSPS) is 19.4. The molecule has 1 saturated carbocycles. The molecule has 0 bridgehead atoms. The van der Waals surface area contributed by atoms with Crippen LogP contribution in [-0.4, -0.2) is 16.1 Å². The molecule has 3 nitrogen and oxygen atoms in total. The first kappa shape index (κ1) is 13.0. The van der Waals surface area contributed by atoms with Crippen molar-refractivity contribution in [3.63, 3.8) is 0 Å². The topological polar surface area (TPSA) is 37.8 Å². The summed E-state index contributed by atoms with van der Waals surface area (Å²) in [5, 5.41) is 7.88. The Bertz CT molecular complexity index is 331. The Kier molecular flexibility index (Phi) is 4.92. The van der Waals surface area contributed by atoms with Gasteiger partial charge in [-0.1, -0.05) is 30.7 Å². The number of hydrogen-bond acceptors (Lipinski definition) is 4. The van der Waals surface area contributed by atoms with E-state index >= 15 is 0 Å². The molecule has 1 aliphatic carbocycles. The summed E-state index contributed by atoms with van der Waals surface area (Å²) < 4.78 is 4.10. The summed E-state index contributed by atoms with van der Waals surface area (Å²) in [7, 11) is 0. The summed E-state index contributed by atoms with van der Waals surface area (Å²) >= 11 is 1.58. The van der Waals surface area contributed by atoms with Crippen molar-refractivity contribution in [3.05, 3.63) is 10.6 Å². The van der Waals surface area contributed by atoms with Crippen LogP contribution >= 0.6 is 11.5 Å². The van der Waals surface area contributed by atoms with E-state index in [0.717, 1.165) is 18.2 Å². The number of nitrogens with one attached hydrogen (secondary N) is 1. The van der Waals surface area contributed by atoms with E-state index in [1.54, 1.807) is 11.5 Å². The summed E-state index contributed by atoms with van der Waals surface area (Å²) in [4.78, 5) is 1.37. The number of hydrogen-bond donors (Lipinski definition) is 1. The summed E-state index contributed by atoms with van der Waals surface area (Å²) in [5.41, 5.74) is 1.12. The SMILES string of the molecule is CCCNC(c1snnc1C)C1CCCCC1. The Balaban J connectivity index is 2.09. The highest BCUT2D eigenvalue weighted by Crippen LogP contribution is 2.36. The molecule has 0 amide bonds. The van der Waals surface area contributed by atoms with Crippen molar-refractivity contribution in [2.75, 3.05) is 6.54 Å². The third kappa shape index (κ3) is 3.26. The van der Waals surface area contributed by atoms with Crippen molar-refractivity contribution in [1.82, 2.24) is 14.9 Å². The third-order valence-corrected chi connectivity index (χ3v) is 4.61. The lowest BCUT2D eigenvalue weighted by molar-refractivity contribution is 0.274. The van der Waals surface area contributed by atoms with Crippen LogP contribution in [0.15, 0.2) is 0 Å². The van der Waals surface area contributed by atoms with Crippen molar-refractivity contribution >= 4 is 11.5 Å². The van der Waals surface area contributed by atoms with Gasteiger partial charge in [-0.05, 0) is 50.2 Å². The van der Waals surface area contributed by atoms with Gasteiger partial charge < -0.3 is 5.32 Å². The average molecular weight is 253 g/mol. The second kappa shape index (κ2) is 6.45. The first-order valence-corrected chi connectivity index (χ1v) is 7.62. The minimum atomic E-state index is 0.496. The molecular weight excluding hydrogens is 230 g/mol. The molecule has 0 aromatic carbocycles. The lowest BCUT2D eigenvalue weighted by atomic mass is 9.83. The van der Waals surface area contributed by atoms with Crippen LogP contribution in [0.1, 0.15) is 62.1 Å². The van der Waals surface area contributed by atoms with Gasteiger partial charge in [-0.3, -0.25) is 0 Å². The quantitative estimate of drug-likeness (QED) is 0.873. The molecule has 1 atom stereocenters. The lowest BCUT2D eigenvalue weighted by Crippen LogP contribution is -2.30. The van der Waals surface area contributed by atoms with E-state index < -0.39 is 0 Å². The van der Waals surface area contributed by atoms with Crippen LogP contribution in [0.25, 0.3) is 0 Å². The van der Waals surface area contributed by atoms with Gasteiger partial charge in [0.25, 0.3) is 0 Å². The fraction of sp³-hybridized carbons (Fsp3) is 0.846. The van der Waals surface area contributed by atoms with Gasteiger partial charge in [0.05, 0.1) is 10.6 Å². The van der Waals surface area contributed by atoms with E-state index in [-0.39, 0.29) is 0 Å². The van der Waals surface area contributed by atoms with E-state index in [9.17, 15) is 0 Å². The van der Waals surface area contributed by atoms with Crippen LogP contribution < -0.4 is 5.32 Å². The first-order chi connectivity index (χ1) is 8.33. The molecule has 0 radical (unpaired) electrons. The van der Waals surface area contributed by atoms with Gasteiger partial charge >= 0.3 is 0 Å². The van der Waals surface area contributed by atoms with Gasteiger partial charge in [-0.15, -0.1) is 5.10 Å². The minimum absolute atomic E-state index is 0.496. The maximum Gasteiger partial charge on any atom is 0.0772 e. The van der Waals surface area contributed by atoms with Gasteiger partial charge in [0, 0.05) is 6.04 Å². The molecule has 1 N–H and O–H groups in total. The molecule has 0 spiro atoms. The van der Waals surface area contributed by atoms with Crippen molar-refractivity contribution in [2.45, 2.75) is 58.4 Å². The van der Waals surface area contributed by atoms with Crippen LogP contribution in [0, 0.1) is 12.8 Å². The maximum atomic E-state index is 4.17. The Hall–Kier alpha value is -0.480. The number of aromatic nitrogens is 2. The zero-order valence-electron chi connectivity index (χ0n) is 10.9. The van der Waals surface area contributed by atoms with Gasteiger partial charge in [0.1, 0.15) is 0 Å². The van der Waals surface area contributed by atoms with Gasteiger partial charge in [0.2, 0.25) is 0 Å². The fourth-order valence-electron chi connectivity index (χ4n) is 2.76. The smallest absolute Gasteiger partial charge is 0.0772 e. The second-order valence-corrected chi connectivity index (χ2v) is 5.84. The summed E-state index contributed by atoms with van der Waals surface area (Å²) in [6.07, 6.45) is 8.10. The minimum Gasteiger partial charge on any atom is -0.309 e. The molecule has 1 aromatic heterocycles. The Morgan fingerprint density at radius 1 is 1.35 bits per heavy atom. The molecule has 1 heterocycles. The molecule has 17 heavy (non-hydrogen) atoms. The molecule has 1 fully saturated rings. The van der Waals surface area contributed by atoms with E-state index in [1.165, 1.54) is 43.4 Å². The molecule has 4 heteroatoms. The lowest BCUT2D eigenvalue weighted by Gasteiger charge is -2.30. The highest BCUT2D eigenvalue weighted by Gasteiger charge is 2.27. The van der Waals surface area contributed by atoms with Gasteiger partial charge in [0.15, 0.2) is 0 Å². The highest BCUT2D eigenvalue weighted by molar-refractivity contribution is 7.05. The largest absolute Gasteiger partial charge is 0.309 e. The molecule has 0 aliphatic heterocycles. The van der Waals surface area contributed by atoms with Crippen molar-refractivity contribution in [3.8, 4) is 0 Å². The molecule has 2 rings (SSSR count). The zero-order valence-corrected chi connectivity index (χ0v) is 11.7. The number of rotatable bonds is 5. The van der Waals surface area contributed by atoms with Gasteiger partial charge in [-0.25, -0.2) is 0 Å². The monoisotopic (exact) mass is 253 g/mol. The molecule has 1 aromatic rings. The average Bonchev–Trinajstić information content (AvgIpc) is 2.78. The molecular formula is C13H23N3S. The second-order valence-electron chi connectivity index (χ2n) is 5.05. The number of nitrogens with zero attached hydrogens (tertiary/aromatic N) is 2. The standard InChI is InChI=1S/C13H23N3S/c1-3-9-14-12(11-7-5-4-6-8-11)13-10(2)15-16-17-13/h11-12,14H,3-9H2,1-2H3. The number of aryl methyl sites for hydroxylation is 1. The third-order valence-electron chi connectivity index (χ3n) is 3.70. The molecule has 1 aliphatic rings. The Labute approximate surface area is 108 Å². The zero-order chi connectivity index (χ0) is 12.1. The highest BCUT2D eigenvalue weighted by atomic mass is 32.1.